The summed E-state index contributed by atoms with van der Waals surface area (Å²) in [5.74, 6) is 0. The number of hydrogen-bond acceptors (Lipinski definition) is 2. The third kappa shape index (κ3) is 1.75. The molecule has 0 spiro atoms. The van der Waals surface area contributed by atoms with E-state index in [1.54, 1.807) is 0 Å². The molecule has 0 aliphatic carbocycles. The average Bonchev–Trinajstić information content (AvgIpc) is 2.19. The van der Waals surface area contributed by atoms with Crippen LogP contribution in [-0.4, -0.2) is 5.16 Å². The molecule has 0 saturated heterocycles. The number of isothiocyanates is 1. The zero-order valence-corrected chi connectivity index (χ0v) is 9.60. The predicted molar refractivity (Wildman–Crippen MR) is 66.3 cm³/mol. The number of nitrogens with zero attached hydrogens (tertiary/aromatic N) is 1. The molecule has 0 amide bonds. The Balaban J connectivity index is 2.76. The molecular formula is C11H6BrNS. The van der Waals surface area contributed by atoms with Gasteiger partial charge in [0.15, 0.2) is 0 Å². The molecule has 1 nitrogen and oxygen atoms in total. The minimum Gasteiger partial charge on any atom is -0.194 e. The van der Waals surface area contributed by atoms with Gasteiger partial charge in [-0.2, -0.15) is 4.99 Å². The lowest BCUT2D eigenvalue weighted by Gasteiger charge is -2.00. The Morgan fingerprint density at radius 3 is 2.43 bits per heavy atom. The highest BCUT2D eigenvalue weighted by molar-refractivity contribution is 9.10. The normalized spacial score (nSPS) is 9.79. The summed E-state index contributed by atoms with van der Waals surface area (Å²) in [6.45, 7) is 0. The highest BCUT2D eigenvalue weighted by atomic mass is 79.9. The number of aliphatic imine (C=N–C) groups is 1. The molecule has 0 aromatic heterocycles. The second kappa shape index (κ2) is 4.01. The minimum atomic E-state index is 0.818. The molecule has 0 saturated carbocycles. The third-order valence-corrected chi connectivity index (χ3v) is 2.71. The fourth-order valence-electron chi connectivity index (χ4n) is 1.34. The molecule has 0 heterocycles. The van der Waals surface area contributed by atoms with Crippen LogP contribution in [0.25, 0.3) is 10.8 Å². The van der Waals surface area contributed by atoms with Gasteiger partial charge < -0.3 is 0 Å². The molecule has 14 heavy (non-hydrogen) atoms. The molecule has 2 rings (SSSR count). The number of rotatable bonds is 1. The van der Waals surface area contributed by atoms with Gasteiger partial charge in [-0.25, -0.2) is 0 Å². The molecule has 3 heteroatoms. The van der Waals surface area contributed by atoms with Crippen LogP contribution in [0.5, 0.6) is 0 Å². The molecule has 0 unspecified atom stereocenters. The standard InChI is InChI=1S/C11H6BrNS/c12-10-5-8-3-1-2-4-9(8)6-11(10)13-7-14/h1-6H. The average molecular weight is 264 g/mol. The van der Waals surface area contributed by atoms with Gasteiger partial charge in [0.05, 0.1) is 10.8 Å². The van der Waals surface area contributed by atoms with E-state index in [-0.39, 0.29) is 0 Å². The Labute approximate surface area is 95.6 Å². The molecule has 0 bridgehead atoms. The van der Waals surface area contributed by atoms with Crippen LogP contribution in [0.2, 0.25) is 0 Å². The molecule has 68 valence electrons. The Morgan fingerprint density at radius 1 is 1.14 bits per heavy atom. The zero-order valence-electron chi connectivity index (χ0n) is 7.20. The fourth-order valence-corrected chi connectivity index (χ4v) is 1.88. The van der Waals surface area contributed by atoms with Crippen molar-refractivity contribution in [2.75, 3.05) is 0 Å². The van der Waals surface area contributed by atoms with Gasteiger partial charge in [-0.3, -0.25) is 0 Å². The van der Waals surface area contributed by atoms with Crippen molar-refractivity contribution in [1.29, 1.82) is 0 Å². The first kappa shape index (κ1) is 9.53. The van der Waals surface area contributed by atoms with Crippen LogP contribution in [-0.2, 0) is 0 Å². The largest absolute Gasteiger partial charge is 0.194 e. The topological polar surface area (TPSA) is 12.4 Å². The van der Waals surface area contributed by atoms with Crippen molar-refractivity contribution in [3.05, 3.63) is 40.9 Å². The maximum atomic E-state index is 4.58. The Morgan fingerprint density at radius 2 is 1.79 bits per heavy atom. The summed E-state index contributed by atoms with van der Waals surface area (Å²) in [6.07, 6.45) is 0. The second-order valence-electron chi connectivity index (χ2n) is 2.85. The van der Waals surface area contributed by atoms with Crippen LogP contribution in [0.3, 0.4) is 0 Å². The van der Waals surface area contributed by atoms with E-state index in [0.29, 0.717) is 0 Å². The summed E-state index contributed by atoms with van der Waals surface area (Å²) in [7, 11) is 0. The number of benzene rings is 2. The van der Waals surface area contributed by atoms with Gasteiger partial charge in [-0.1, -0.05) is 24.3 Å². The van der Waals surface area contributed by atoms with E-state index in [9.17, 15) is 0 Å². The maximum absolute atomic E-state index is 4.58. The van der Waals surface area contributed by atoms with Crippen molar-refractivity contribution in [1.82, 2.24) is 0 Å². The van der Waals surface area contributed by atoms with Gasteiger partial charge in [0.25, 0.3) is 0 Å². The number of thiocarbonyl (C=S) groups is 1. The zero-order chi connectivity index (χ0) is 9.97. The highest BCUT2D eigenvalue weighted by Crippen LogP contribution is 2.30. The summed E-state index contributed by atoms with van der Waals surface area (Å²) in [5.41, 5.74) is 0.818. The highest BCUT2D eigenvalue weighted by Gasteiger charge is 2.00. The van der Waals surface area contributed by atoms with Gasteiger partial charge in [0, 0.05) is 4.47 Å². The first-order chi connectivity index (χ1) is 6.81. The van der Waals surface area contributed by atoms with E-state index in [0.717, 1.165) is 15.5 Å². The van der Waals surface area contributed by atoms with Crippen LogP contribution < -0.4 is 0 Å². The van der Waals surface area contributed by atoms with E-state index in [1.165, 1.54) is 5.39 Å². The molecule has 0 atom stereocenters. The lowest BCUT2D eigenvalue weighted by atomic mass is 10.1. The minimum absolute atomic E-state index is 0.818. The van der Waals surface area contributed by atoms with Gasteiger partial charge in [0.2, 0.25) is 0 Å². The summed E-state index contributed by atoms with van der Waals surface area (Å²) < 4.78 is 0.938. The monoisotopic (exact) mass is 263 g/mol. The molecule has 0 fully saturated rings. The molecule has 0 aliphatic heterocycles. The predicted octanol–water partition coefficient (Wildman–Crippen LogP) is 4.34. The van der Waals surface area contributed by atoms with Crippen molar-refractivity contribution in [3.8, 4) is 0 Å². The van der Waals surface area contributed by atoms with Crippen LogP contribution in [0.1, 0.15) is 0 Å². The first-order valence-corrected chi connectivity index (χ1v) is 5.27. The SMILES string of the molecule is S=C=Nc1cc2ccccc2cc1Br. The van der Waals surface area contributed by atoms with Gasteiger partial charge in [-0.05, 0) is 51.1 Å². The summed E-state index contributed by atoms with van der Waals surface area (Å²) >= 11 is 8.02. The van der Waals surface area contributed by atoms with Crippen LogP contribution in [0.15, 0.2) is 45.9 Å². The Bertz CT molecular complexity index is 530. The van der Waals surface area contributed by atoms with Crippen molar-refractivity contribution in [2.45, 2.75) is 0 Å². The van der Waals surface area contributed by atoms with E-state index >= 15 is 0 Å². The Kier molecular flexibility index (Phi) is 2.73. The molecule has 0 radical (unpaired) electrons. The van der Waals surface area contributed by atoms with E-state index in [2.05, 4.69) is 44.4 Å². The molecule has 0 N–H and O–H groups in total. The third-order valence-electron chi connectivity index (χ3n) is 1.98. The lowest BCUT2D eigenvalue weighted by Crippen LogP contribution is -1.73. The quantitative estimate of drug-likeness (QED) is 0.551. The van der Waals surface area contributed by atoms with Crippen molar-refractivity contribution >= 4 is 49.8 Å². The molecule has 0 aliphatic rings. The first-order valence-electron chi connectivity index (χ1n) is 4.07. The lowest BCUT2D eigenvalue weighted by molar-refractivity contribution is 1.54. The number of hydrogen-bond donors (Lipinski definition) is 0. The number of halogens is 1. The number of fused-ring (bicyclic) bond motifs is 1. The van der Waals surface area contributed by atoms with Crippen LogP contribution in [0, 0.1) is 0 Å². The van der Waals surface area contributed by atoms with Crippen LogP contribution >= 0.6 is 28.1 Å². The van der Waals surface area contributed by atoms with Crippen molar-refractivity contribution in [3.63, 3.8) is 0 Å². The second-order valence-corrected chi connectivity index (χ2v) is 3.89. The Hall–Kier alpha value is -1.02. The maximum Gasteiger partial charge on any atom is 0.0887 e. The smallest absolute Gasteiger partial charge is 0.0887 e. The van der Waals surface area contributed by atoms with E-state index in [1.807, 2.05) is 30.3 Å². The van der Waals surface area contributed by atoms with Gasteiger partial charge in [-0.15, -0.1) is 0 Å². The van der Waals surface area contributed by atoms with Crippen LogP contribution in [0.4, 0.5) is 5.69 Å². The van der Waals surface area contributed by atoms with Crippen molar-refractivity contribution in [2.24, 2.45) is 4.99 Å². The molecular weight excluding hydrogens is 258 g/mol. The summed E-state index contributed by atoms with van der Waals surface area (Å²) in [5, 5.41) is 4.70. The summed E-state index contributed by atoms with van der Waals surface area (Å²) in [4.78, 5) is 3.97. The van der Waals surface area contributed by atoms with Gasteiger partial charge >= 0.3 is 0 Å². The molecule has 2 aromatic rings. The van der Waals surface area contributed by atoms with E-state index in [4.69, 9.17) is 0 Å². The fraction of sp³-hybridized carbons (Fsp3) is 0. The van der Waals surface area contributed by atoms with Crippen molar-refractivity contribution < 1.29 is 0 Å². The molecule has 2 aromatic carbocycles. The van der Waals surface area contributed by atoms with Gasteiger partial charge in [0.1, 0.15) is 0 Å². The van der Waals surface area contributed by atoms with E-state index < -0.39 is 0 Å². The summed E-state index contributed by atoms with van der Waals surface area (Å²) in [6, 6.07) is 12.1.